The van der Waals surface area contributed by atoms with Gasteiger partial charge < -0.3 is 11.1 Å². The Balaban J connectivity index is 2.03. The molecule has 2 aromatic rings. The molecule has 0 radical (unpaired) electrons. The van der Waals surface area contributed by atoms with E-state index in [0.717, 1.165) is 6.07 Å². The number of rotatable bonds is 3. The van der Waals surface area contributed by atoms with Gasteiger partial charge in [0.15, 0.2) is 0 Å². The van der Waals surface area contributed by atoms with E-state index in [4.69, 9.17) is 17.3 Å². The zero-order chi connectivity index (χ0) is 13.1. The Morgan fingerprint density at radius 2 is 2.28 bits per heavy atom. The van der Waals surface area contributed by atoms with Crippen molar-refractivity contribution >= 4 is 29.0 Å². The highest BCUT2D eigenvalue weighted by atomic mass is 35.5. The lowest BCUT2D eigenvalue weighted by atomic mass is 10.3. The lowest BCUT2D eigenvalue weighted by molar-refractivity contribution is -0.116. The number of amides is 1. The van der Waals surface area contributed by atoms with Gasteiger partial charge in [-0.05, 0) is 24.3 Å². The SMILES string of the molecule is Nc1ccn(CC(=O)Nc2ccc(F)cc2Cl)n1. The Hall–Kier alpha value is -2.08. The van der Waals surface area contributed by atoms with Crippen molar-refractivity contribution in [3.05, 3.63) is 41.3 Å². The topological polar surface area (TPSA) is 72.9 Å². The standard InChI is InChI=1S/C11H10ClFN4O/c12-8-5-7(13)1-2-9(8)15-11(18)6-17-4-3-10(14)16-17/h1-5H,6H2,(H2,14,16)(H,15,18). The number of hydrogen-bond donors (Lipinski definition) is 2. The summed E-state index contributed by atoms with van der Waals surface area (Å²) >= 11 is 5.78. The lowest BCUT2D eigenvalue weighted by Crippen LogP contribution is -2.19. The van der Waals surface area contributed by atoms with E-state index in [0.29, 0.717) is 11.5 Å². The van der Waals surface area contributed by atoms with Crippen LogP contribution in [0.2, 0.25) is 5.02 Å². The van der Waals surface area contributed by atoms with Crippen LogP contribution in [0.25, 0.3) is 0 Å². The summed E-state index contributed by atoms with van der Waals surface area (Å²) < 4.78 is 14.2. The van der Waals surface area contributed by atoms with Crippen molar-refractivity contribution in [3.8, 4) is 0 Å². The van der Waals surface area contributed by atoms with E-state index < -0.39 is 5.82 Å². The number of nitrogens with zero attached hydrogens (tertiary/aromatic N) is 2. The monoisotopic (exact) mass is 268 g/mol. The summed E-state index contributed by atoms with van der Waals surface area (Å²) in [5.74, 6) is -0.452. The highest BCUT2D eigenvalue weighted by Gasteiger charge is 2.08. The van der Waals surface area contributed by atoms with Gasteiger partial charge in [-0.1, -0.05) is 11.6 Å². The zero-order valence-corrected chi connectivity index (χ0v) is 9.99. The lowest BCUT2D eigenvalue weighted by Gasteiger charge is -2.07. The first-order chi connectivity index (χ1) is 8.54. The largest absolute Gasteiger partial charge is 0.382 e. The molecule has 0 atom stereocenters. The van der Waals surface area contributed by atoms with Crippen LogP contribution in [0.5, 0.6) is 0 Å². The van der Waals surface area contributed by atoms with Crippen molar-refractivity contribution in [1.82, 2.24) is 9.78 Å². The summed E-state index contributed by atoms with van der Waals surface area (Å²) in [5.41, 5.74) is 5.77. The molecule has 94 valence electrons. The minimum atomic E-state index is -0.460. The molecule has 0 saturated carbocycles. The molecular weight excluding hydrogens is 259 g/mol. The van der Waals surface area contributed by atoms with Gasteiger partial charge in [-0.25, -0.2) is 4.39 Å². The minimum Gasteiger partial charge on any atom is -0.382 e. The van der Waals surface area contributed by atoms with Gasteiger partial charge in [0.1, 0.15) is 18.2 Å². The minimum absolute atomic E-state index is 0.00487. The molecule has 18 heavy (non-hydrogen) atoms. The van der Waals surface area contributed by atoms with E-state index in [1.165, 1.54) is 16.8 Å². The molecule has 0 aliphatic rings. The van der Waals surface area contributed by atoms with Gasteiger partial charge in [-0.2, -0.15) is 5.10 Å². The van der Waals surface area contributed by atoms with E-state index in [1.54, 1.807) is 12.3 Å². The van der Waals surface area contributed by atoms with Gasteiger partial charge in [0.25, 0.3) is 0 Å². The maximum absolute atomic E-state index is 12.8. The summed E-state index contributed by atoms with van der Waals surface area (Å²) in [5, 5.41) is 6.57. The van der Waals surface area contributed by atoms with Crippen molar-refractivity contribution in [3.63, 3.8) is 0 Å². The quantitative estimate of drug-likeness (QED) is 0.893. The van der Waals surface area contributed by atoms with Gasteiger partial charge in [0, 0.05) is 6.20 Å². The predicted octanol–water partition coefficient (Wildman–Crippen LogP) is 1.90. The summed E-state index contributed by atoms with van der Waals surface area (Å²) in [6, 6.07) is 5.32. The second-order valence-corrected chi connectivity index (χ2v) is 4.02. The third-order valence-corrected chi connectivity index (χ3v) is 2.48. The third kappa shape index (κ3) is 2.98. The summed E-state index contributed by atoms with van der Waals surface area (Å²) in [4.78, 5) is 11.7. The zero-order valence-electron chi connectivity index (χ0n) is 9.23. The molecule has 0 aliphatic heterocycles. The fraction of sp³-hybridized carbons (Fsp3) is 0.0909. The normalized spacial score (nSPS) is 10.3. The van der Waals surface area contributed by atoms with Crippen LogP contribution < -0.4 is 11.1 Å². The number of nitrogens with one attached hydrogen (secondary N) is 1. The molecule has 5 nitrogen and oxygen atoms in total. The van der Waals surface area contributed by atoms with Crippen LogP contribution in [0.1, 0.15) is 0 Å². The maximum atomic E-state index is 12.8. The van der Waals surface area contributed by atoms with Crippen LogP contribution in [-0.4, -0.2) is 15.7 Å². The fourth-order valence-electron chi connectivity index (χ4n) is 1.39. The highest BCUT2D eigenvalue weighted by molar-refractivity contribution is 6.33. The van der Waals surface area contributed by atoms with Crippen molar-refractivity contribution < 1.29 is 9.18 Å². The molecule has 0 unspecified atom stereocenters. The van der Waals surface area contributed by atoms with Crippen molar-refractivity contribution in [2.45, 2.75) is 6.54 Å². The van der Waals surface area contributed by atoms with Gasteiger partial charge in [0.05, 0.1) is 10.7 Å². The molecule has 0 spiro atoms. The molecule has 1 aromatic heterocycles. The summed E-state index contributed by atoms with van der Waals surface area (Å²) in [6.07, 6.45) is 1.58. The first-order valence-electron chi connectivity index (χ1n) is 5.08. The number of hydrogen-bond acceptors (Lipinski definition) is 3. The van der Waals surface area contributed by atoms with Gasteiger partial charge >= 0.3 is 0 Å². The van der Waals surface area contributed by atoms with Gasteiger partial charge in [-0.3, -0.25) is 9.48 Å². The van der Waals surface area contributed by atoms with Crippen molar-refractivity contribution in [2.24, 2.45) is 0 Å². The van der Waals surface area contributed by atoms with Crippen molar-refractivity contribution in [1.29, 1.82) is 0 Å². The Morgan fingerprint density at radius 1 is 1.50 bits per heavy atom. The Labute approximate surface area is 107 Å². The molecule has 0 aliphatic carbocycles. The third-order valence-electron chi connectivity index (χ3n) is 2.17. The Kier molecular flexibility index (Phi) is 3.47. The molecule has 2 rings (SSSR count). The van der Waals surface area contributed by atoms with E-state index in [-0.39, 0.29) is 17.5 Å². The second kappa shape index (κ2) is 5.05. The van der Waals surface area contributed by atoms with E-state index >= 15 is 0 Å². The number of aromatic nitrogens is 2. The second-order valence-electron chi connectivity index (χ2n) is 3.61. The van der Waals surface area contributed by atoms with Crippen LogP contribution in [0.4, 0.5) is 15.9 Å². The average Bonchev–Trinajstić information content (AvgIpc) is 2.68. The number of carbonyl (C=O) groups is 1. The van der Waals surface area contributed by atoms with Gasteiger partial charge in [0.2, 0.25) is 5.91 Å². The summed E-state index contributed by atoms with van der Waals surface area (Å²) in [7, 11) is 0. The first kappa shape index (κ1) is 12.4. The molecule has 3 N–H and O–H groups in total. The first-order valence-corrected chi connectivity index (χ1v) is 5.46. The number of halogens is 2. The van der Waals surface area contributed by atoms with Gasteiger partial charge in [-0.15, -0.1) is 0 Å². The van der Waals surface area contributed by atoms with Crippen LogP contribution in [0.3, 0.4) is 0 Å². The highest BCUT2D eigenvalue weighted by Crippen LogP contribution is 2.22. The van der Waals surface area contributed by atoms with E-state index in [9.17, 15) is 9.18 Å². The molecular formula is C11H10ClFN4O. The van der Waals surface area contributed by atoms with Crippen LogP contribution in [0.15, 0.2) is 30.5 Å². The molecule has 0 bridgehead atoms. The predicted molar refractivity (Wildman–Crippen MR) is 66.7 cm³/mol. The number of benzene rings is 1. The molecule has 7 heteroatoms. The molecule has 1 aromatic carbocycles. The maximum Gasteiger partial charge on any atom is 0.246 e. The number of anilines is 2. The molecule has 0 fully saturated rings. The smallest absolute Gasteiger partial charge is 0.246 e. The van der Waals surface area contributed by atoms with E-state index in [1.807, 2.05) is 0 Å². The van der Waals surface area contributed by atoms with Crippen molar-refractivity contribution in [2.75, 3.05) is 11.1 Å². The molecule has 1 amide bonds. The number of nitrogens with two attached hydrogens (primary N) is 1. The average molecular weight is 269 g/mol. The summed E-state index contributed by atoms with van der Waals surface area (Å²) in [6.45, 7) is 0.00487. The Bertz CT molecular complexity index is 584. The molecule has 0 saturated heterocycles. The fourth-order valence-corrected chi connectivity index (χ4v) is 1.61. The van der Waals surface area contributed by atoms with Crippen LogP contribution in [-0.2, 0) is 11.3 Å². The number of carbonyl (C=O) groups excluding carboxylic acids is 1. The molecule has 1 heterocycles. The number of nitrogen functional groups attached to an aromatic ring is 1. The Morgan fingerprint density at radius 3 is 2.89 bits per heavy atom. The van der Waals surface area contributed by atoms with Crippen LogP contribution in [0, 0.1) is 5.82 Å². The van der Waals surface area contributed by atoms with E-state index in [2.05, 4.69) is 10.4 Å². The van der Waals surface area contributed by atoms with Crippen LogP contribution >= 0.6 is 11.6 Å².